The van der Waals surface area contributed by atoms with Gasteiger partial charge in [0, 0.05) is 22.9 Å². The number of hydrogen-bond donors (Lipinski definition) is 2. The molecular formula is C40H41N3O10. The lowest BCUT2D eigenvalue weighted by molar-refractivity contribution is 0.0345. The molecule has 7 rings (SSSR count). The molecule has 1 saturated carbocycles. The highest BCUT2D eigenvalue weighted by Gasteiger charge is 2.34. The summed E-state index contributed by atoms with van der Waals surface area (Å²) < 4.78 is 52.0. The highest BCUT2D eigenvalue weighted by atomic mass is 16.5. The zero-order valence-electron chi connectivity index (χ0n) is 30.3. The maximum atomic E-state index is 12.6. The summed E-state index contributed by atoms with van der Waals surface area (Å²) in [5.74, 6) is 4.88. The monoisotopic (exact) mass is 723 g/mol. The molecule has 2 aliphatic rings. The second kappa shape index (κ2) is 15.2. The fourth-order valence-electron chi connectivity index (χ4n) is 6.55. The third-order valence-electron chi connectivity index (χ3n) is 9.44. The molecule has 1 unspecified atom stereocenters. The van der Waals surface area contributed by atoms with Gasteiger partial charge in [-0.2, -0.15) is 0 Å². The smallest absolute Gasteiger partial charge is 0.255 e. The van der Waals surface area contributed by atoms with Crippen molar-refractivity contribution < 1.29 is 47.2 Å². The van der Waals surface area contributed by atoms with Gasteiger partial charge >= 0.3 is 0 Å². The molecule has 1 amide bonds. The molecule has 1 aliphatic carbocycles. The normalized spacial score (nSPS) is 17.3. The van der Waals surface area contributed by atoms with Crippen LogP contribution in [0.15, 0.2) is 77.3 Å². The number of nitrogens with zero attached hydrogens (tertiary/aromatic N) is 1. The number of benzene rings is 4. The first-order valence-corrected chi connectivity index (χ1v) is 17.0. The molecule has 0 saturated heterocycles. The number of nitrogens with one attached hydrogen (secondary N) is 2. The van der Waals surface area contributed by atoms with Crippen molar-refractivity contribution in [1.82, 2.24) is 10.5 Å². The summed E-state index contributed by atoms with van der Waals surface area (Å²) in [6.45, 7) is 0.495. The first kappa shape index (κ1) is 35.2. The fourth-order valence-corrected chi connectivity index (χ4v) is 6.55. The molecule has 0 spiro atoms. The van der Waals surface area contributed by atoms with Crippen LogP contribution in [0.1, 0.15) is 34.9 Å². The van der Waals surface area contributed by atoms with E-state index in [2.05, 4.69) is 15.8 Å². The number of hydrogen-bond acceptors (Lipinski definition) is 12. The van der Waals surface area contributed by atoms with E-state index < -0.39 is 6.17 Å². The van der Waals surface area contributed by atoms with Crippen LogP contribution in [0.25, 0.3) is 22.6 Å². The number of aromatic nitrogens is 1. The van der Waals surface area contributed by atoms with Crippen molar-refractivity contribution in [1.29, 1.82) is 0 Å². The van der Waals surface area contributed by atoms with E-state index in [-0.39, 0.29) is 17.9 Å². The second-order valence-corrected chi connectivity index (χ2v) is 12.6. The van der Waals surface area contributed by atoms with Gasteiger partial charge in [0.05, 0.1) is 60.9 Å². The van der Waals surface area contributed by atoms with Crippen molar-refractivity contribution >= 4 is 11.6 Å². The quantitative estimate of drug-likeness (QED) is 0.120. The van der Waals surface area contributed by atoms with E-state index in [0.29, 0.717) is 75.2 Å². The van der Waals surface area contributed by atoms with Gasteiger partial charge in [-0.3, -0.25) is 4.79 Å². The summed E-state index contributed by atoms with van der Waals surface area (Å²) in [5.41, 5.74) is 4.25. The van der Waals surface area contributed by atoms with E-state index in [9.17, 15) is 4.79 Å². The maximum Gasteiger partial charge on any atom is 0.255 e. The SMILES string of the molecule is COc1cc(C2NC(=O)c3ccccc3N2)ccc1OCC1CC(Oc2c(OC)cc(-c3cc(-c4cc(OC)c(OC)c(OC)c4)on3)cc2OC)C1. The van der Waals surface area contributed by atoms with Crippen molar-refractivity contribution in [3.63, 3.8) is 0 Å². The molecule has 13 nitrogen and oxygen atoms in total. The lowest BCUT2D eigenvalue weighted by Gasteiger charge is -2.35. The number of ether oxygens (including phenoxy) is 8. The minimum absolute atomic E-state index is 0.0518. The Morgan fingerprint density at radius 2 is 1.32 bits per heavy atom. The van der Waals surface area contributed by atoms with Crippen LogP contribution in [0.5, 0.6) is 46.0 Å². The second-order valence-electron chi connectivity index (χ2n) is 12.6. The molecule has 5 aromatic rings. The van der Waals surface area contributed by atoms with Crippen LogP contribution in [0.3, 0.4) is 0 Å². The molecule has 0 radical (unpaired) electrons. The van der Waals surface area contributed by atoms with E-state index in [4.69, 9.17) is 42.4 Å². The summed E-state index contributed by atoms with van der Waals surface area (Å²) in [4.78, 5) is 12.6. The van der Waals surface area contributed by atoms with Crippen LogP contribution in [-0.2, 0) is 0 Å². The number of amides is 1. The Kier molecular flexibility index (Phi) is 10.1. The third kappa shape index (κ3) is 7.02. The first-order valence-electron chi connectivity index (χ1n) is 17.0. The van der Waals surface area contributed by atoms with E-state index in [0.717, 1.165) is 29.7 Å². The summed E-state index contributed by atoms with van der Waals surface area (Å²) in [7, 11) is 9.44. The average Bonchev–Trinajstić information content (AvgIpc) is 3.68. The summed E-state index contributed by atoms with van der Waals surface area (Å²) in [5, 5.41) is 10.7. The van der Waals surface area contributed by atoms with Gasteiger partial charge in [0.15, 0.2) is 40.3 Å². The fraction of sp³-hybridized carbons (Fsp3) is 0.300. The number of carbonyl (C=O) groups excluding carboxylic acids is 1. The molecule has 1 aromatic heterocycles. The van der Waals surface area contributed by atoms with Crippen LogP contribution < -0.4 is 48.5 Å². The van der Waals surface area contributed by atoms with Gasteiger partial charge in [-0.05, 0) is 72.9 Å². The first-order chi connectivity index (χ1) is 25.9. The topological polar surface area (TPSA) is 141 Å². The van der Waals surface area contributed by atoms with E-state index in [1.165, 1.54) is 0 Å². The van der Waals surface area contributed by atoms with Gasteiger partial charge in [-0.25, -0.2) is 0 Å². The molecule has 4 aromatic carbocycles. The lowest BCUT2D eigenvalue weighted by Crippen LogP contribution is -2.38. The predicted octanol–water partition coefficient (Wildman–Crippen LogP) is 7.15. The van der Waals surface area contributed by atoms with Gasteiger partial charge in [-0.1, -0.05) is 23.4 Å². The van der Waals surface area contributed by atoms with E-state index in [1.54, 1.807) is 60.9 Å². The minimum atomic E-state index is -0.394. The molecule has 2 heterocycles. The Labute approximate surface area is 307 Å². The van der Waals surface area contributed by atoms with Crippen LogP contribution in [0.4, 0.5) is 5.69 Å². The summed E-state index contributed by atoms with van der Waals surface area (Å²) in [6, 6.07) is 22.2. The Hall–Kier alpha value is -6.24. The Morgan fingerprint density at radius 3 is 1.98 bits per heavy atom. The maximum absolute atomic E-state index is 12.6. The molecule has 13 heteroatoms. The van der Waals surface area contributed by atoms with Gasteiger partial charge < -0.3 is 53.1 Å². The van der Waals surface area contributed by atoms with E-state index in [1.807, 2.05) is 54.6 Å². The molecule has 276 valence electrons. The van der Waals surface area contributed by atoms with Crippen molar-refractivity contribution in [2.24, 2.45) is 5.92 Å². The van der Waals surface area contributed by atoms with Crippen molar-refractivity contribution in [3.05, 3.63) is 83.9 Å². The van der Waals surface area contributed by atoms with Crippen LogP contribution in [0.2, 0.25) is 0 Å². The Bertz CT molecular complexity index is 2060. The van der Waals surface area contributed by atoms with Gasteiger partial charge in [0.25, 0.3) is 5.91 Å². The van der Waals surface area contributed by atoms with Gasteiger partial charge in [0.1, 0.15) is 11.9 Å². The highest BCUT2D eigenvalue weighted by Crippen LogP contribution is 2.46. The van der Waals surface area contributed by atoms with Crippen molar-refractivity contribution in [3.8, 4) is 68.6 Å². The Morgan fingerprint density at radius 1 is 0.679 bits per heavy atom. The highest BCUT2D eigenvalue weighted by molar-refractivity contribution is 6.01. The van der Waals surface area contributed by atoms with Crippen LogP contribution in [-0.4, -0.2) is 66.4 Å². The molecule has 53 heavy (non-hydrogen) atoms. The zero-order valence-corrected chi connectivity index (χ0v) is 30.3. The molecule has 0 bridgehead atoms. The third-order valence-corrected chi connectivity index (χ3v) is 9.44. The number of rotatable bonds is 14. The van der Waals surface area contributed by atoms with Crippen molar-refractivity contribution in [2.45, 2.75) is 25.1 Å². The minimum Gasteiger partial charge on any atom is -0.493 e. The number of para-hydroxylation sites is 1. The van der Waals surface area contributed by atoms with Crippen molar-refractivity contribution in [2.75, 3.05) is 54.6 Å². The molecule has 1 atom stereocenters. The standard InChI is InChI=1S/C40H41N3O10/c1-45-32-15-23(39-41-28-10-8-7-9-27(28)40(44)42-39)11-12-30(32)51-21-22-13-26(14-22)52-38-35(48-4)16-24(17-36(38)49-5)29-20-31(53-43-29)25-18-33(46-2)37(50-6)34(19-25)47-3/h7-12,15-20,22,26,39,41H,13-14,21H2,1-6H3,(H,42,44). The largest absolute Gasteiger partial charge is 0.493 e. The van der Waals surface area contributed by atoms with Crippen LogP contribution >= 0.6 is 0 Å². The van der Waals surface area contributed by atoms with Crippen LogP contribution in [0, 0.1) is 5.92 Å². The molecule has 2 N–H and O–H groups in total. The number of anilines is 1. The van der Waals surface area contributed by atoms with E-state index >= 15 is 0 Å². The Balaban J connectivity index is 0.986. The molecular weight excluding hydrogens is 682 g/mol. The lowest BCUT2D eigenvalue weighted by atomic mass is 9.83. The number of carbonyl (C=O) groups is 1. The summed E-state index contributed by atoms with van der Waals surface area (Å²) >= 11 is 0. The molecule has 1 aliphatic heterocycles. The number of methoxy groups -OCH3 is 6. The molecule has 1 fully saturated rings. The predicted molar refractivity (Wildman–Crippen MR) is 196 cm³/mol. The van der Waals surface area contributed by atoms with Gasteiger partial charge in [-0.15, -0.1) is 0 Å². The average molecular weight is 724 g/mol. The number of fused-ring (bicyclic) bond motifs is 1. The summed E-state index contributed by atoms with van der Waals surface area (Å²) in [6.07, 6.45) is 1.12. The zero-order chi connectivity index (χ0) is 37.1. The van der Waals surface area contributed by atoms with Gasteiger partial charge in [0.2, 0.25) is 11.5 Å².